The molecule has 2 atom stereocenters. The minimum Gasteiger partial charge on any atom is -0.372 e. The molecule has 0 bridgehead atoms. The van der Waals surface area contributed by atoms with Gasteiger partial charge in [-0.05, 0) is 49.9 Å². The molecule has 0 spiro atoms. The lowest BCUT2D eigenvalue weighted by atomic mass is 9.97. The largest absolute Gasteiger partial charge is 0.372 e. The monoisotopic (exact) mass is 331 g/mol. The fourth-order valence-corrected chi connectivity index (χ4v) is 3.72. The number of rotatable bonds is 5. The molecule has 1 aromatic carbocycles. The molecule has 0 radical (unpaired) electrons. The topological polar surface area (TPSA) is 79.9 Å². The van der Waals surface area contributed by atoms with E-state index >= 15 is 0 Å². The van der Waals surface area contributed by atoms with E-state index in [1.807, 2.05) is 12.1 Å². The van der Waals surface area contributed by atoms with Crippen molar-refractivity contribution in [1.82, 2.24) is 0 Å². The second-order valence-electron chi connectivity index (χ2n) is 6.91. The van der Waals surface area contributed by atoms with Crippen molar-refractivity contribution in [1.29, 1.82) is 0 Å². The van der Waals surface area contributed by atoms with Crippen LogP contribution in [0.4, 0.5) is 11.4 Å². The third-order valence-corrected chi connectivity index (χ3v) is 5.05. The average Bonchev–Trinajstić information content (AvgIpc) is 3.10. The van der Waals surface area contributed by atoms with E-state index in [1.54, 1.807) is 0 Å². The lowest BCUT2D eigenvalue weighted by Crippen LogP contribution is -3.14. The maximum absolute atomic E-state index is 12.2. The van der Waals surface area contributed by atoms with Gasteiger partial charge in [-0.15, -0.1) is 0 Å². The van der Waals surface area contributed by atoms with Crippen LogP contribution in [0.15, 0.2) is 24.3 Å². The Morgan fingerprint density at radius 2 is 1.88 bits per heavy atom. The van der Waals surface area contributed by atoms with E-state index in [4.69, 9.17) is 5.73 Å². The van der Waals surface area contributed by atoms with Crippen LogP contribution in [0.5, 0.6) is 0 Å². The summed E-state index contributed by atoms with van der Waals surface area (Å²) in [5.41, 5.74) is 7.44. The van der Waals surface area contributed by atoms with E-state index in [1.165, 1.54) is 18.5 Å². The van der Waals surface area contributed by atoms with Crippen LogP contribution in [-0.2, 0) is 9.59 Å². The van der Waals surface area contributed by atoms with E-state index in [0.717, 1.165) is 43.1 Å². The Kier molecular flexibility index (Phi) is 5.35. The molecule has 130 valence electrons. The molecular formula is C18H27N4O2+. The Bertz CT molecular complexity index is 581. The SMILES string of the molecule is NC(=O)[C@@H]1CCC[NH+](CC(=O)Nc2ccc(N3CCCC3)cc2)C1. The highest BCUT2D eigenvalue weighted by molar-refractivity contribution is 5.91. The molecule has 1 unspecified atom stereocenters. The number of quaternary nitrogens is 1. The van der Waals surface area contributed by atoms with Crippen molar-refractivity contribution in [3.8, 4) is 0 Å². The number of anilines is 2. The Balaban J connectivity index is 1.50. The molecule has 3 rings (SSSR count). The van der Waals surface area contributed by atoms with Crippen molar-refractivity contribution < 1.29 is 14.5 Å². The summed E-state index contributed by atoms with van der Waals surface area (Å²) in [4.78, 5) is 27.1. The van der Waals surface area contributed by atoms with Crippen LogP contribution in [0.3, 0.4) is 0 Å². The third-order valence-electron chi connectivity index (χ3n) is 5.05. The number of hydrogen-bond donors (Lipinski definition) is 3. The second kappa shape index (κ2) is 7.66. The van der Waals surface area contributed by atoms with Crippen molar-refractivity contribution in [2.75, 3.05) is 42.9 Å². The van der Waals surface area contributed by atoms with E-state index in [9.17, 15) is 9.59 Å². The molecule has 2 amide bonds. The van der Waals surface area contributed by atoms with Gasteiger partial charge in [0.1, 0.15) is 0 Å². The van der Waals surface area contributed by atoms with Gasteiger partial charge in [0.25, 0.3) is 5.91 Å². The van der Waals surface area contributed by atoms with Gasteiger partial charge in [0.05, 0.1) is 19.0 Å². The average molecular weight is 331 g/mol. The number of carbonyl (C=O) groups is 2. The van der Waals surface area contributed by atoms with Crippen molar-refractivity contribution in [3.05, 3.63) is 24.3 Å². The maximum Gasteiger partial charge on any atom is 0.279 e. The number of nitrogens with zero attached hydrogens (tertiary/aromatic N) is 1. The molecule has 2 fully saturated rings. The molecule has 4 N–H and O–H groups in total. The molecule has 6 nitrogen and oxygen atoms in total. The van der Waals surface area contributed by atoms with Gasteiger partial charge in [-0.1, -0.05) is 0 Å². The number of primary amides is 1. The minimum absolute atomic E-state index is 0.0101. The first-order valence-electron chi connectivity index (χ1n) is 8.89. The molecule has 6 heteroatoms. The first kappa shape index (κ1) is 16.8. The summed E-state index contributed by atoms with van der Waals surface area (Å²) >= 11 is 0. The minimum atomic E-state index is -0.245. The van der Waals surface area contributed by atoms with Crippen LogP contribution in [0.2, 0.25) is 0 Å². The van der Waals surface area contributed by atoms with E-state index in [0.29, 0.717) is 13.1 Å². The van der Waals surface area contributed by atoms with Crippen LogP contribution >= 0.6 is 0 Å². The van der Waals surface area contributed by atoms with Gasteiger partial charge in [-0.3, -0.25) is 9.59 Å². The first-order chi connectivity index (χ1) is 11.6. The summed E-state index contributed by atoms with van der Waals surface area (Å²) in [6.45, 7) is 4.20. The zero-order chi connectivity index (χ0) is 16.9. The lowest BCUT2D eigenvalue weighted by molar-refractivity contribution is -0.899. The van der Waals surface area contributed by atoms with Crippen LogP contribution in [-0.4, -0.2) is 44.5 Å². The highest BCUT2D eigenvalue weighted by Gasteiger charge is 2.28. The van der Waals surface area contributed by atoms with Gasteiger partial charge in [-0.25, -0.2) is 0 Å². The lowest BCUT2D eigenvalue weighted by Gasteiger charge is -2.27. The Hall–Kier alpha value is -2.08. The molecule has 0 aromatic heterocycles. The molecule has 2 saturated heterocycles. The fraction of sp³-hybridized carbons (Fsp3) is 0.556. The number of benzene rings is 1. The van der Waals surface area contributed by atoms with E-state index < -0.39 is 0 Å². The molecular weight excluding hydrogens is 304 g/mol. The van der Waals surface area contributed by atoms with Gasteiger partial charge < -0.3 is 20.9 Å². The number of likely N-dealkylation sites (tertiary alicyclic amines) is 1. The Labute approximate surface area is 143 Å². The van der Waals surface area contributed by atoms with Gasteiger partial charge in [0, 0.05) is 24.5 Å². The number of carbonyl (C=O) groups excluding carboxylic acids is 2. The van der Waals surface area contributed by atoms with Gasteiger partial charge in [0.2, 0.25) is 5.91 Å². The standard InChI is InChI=1S/C18H26N4O2/c19-18(24)14-4-3-9-21(12-14)13-17(23)20-15-5-7-16(8-6-15)22-10-1-2-11-22/h5-8,14H,1-4,9-13H2,(H2,19,24)(H,20,23)/p+1/t14-/m1/s1. The van der Waals surface area contributed by atoms with Gasteiger partial charge in [0.15, 0.2) is 6.54 Å². The second-order valence-corrected chi connectivity index (χ2v) is 6.91. The highest BCUT2D eigenvalue weighted by Crippen LogP contribution is 2.21. The maximum atomic E-state index is 12.2. The highest BCUT2D eigenvalue weighted by atomic mass is 16.2. The normalized spacial score (nSPS) is 23.9. The number of nitrogens with one attached hydrogen (secondary N) is 2. The molecule has 1 aromatic rings. The molecule has 0 aliphatic carbocycles. The van der Waals surface area contributed by atoms with Crippen molar-refractivity contribution in [3.63, 3.8) is 0 Å². The van der Waals surface area contributed by atoms with Crippen LogP contribution in [0.1, 0.15) is 25.7 Å². The van der Waals surface area contributed by atoms with Gasteiger partial charge in [-0.2, -0.15) is 0 Å². The number of amides is 2. The number of piperidine rings is 1. The van der Waals surface area contributed by atoms with Crippen molar-refractivity contribution in [2.24, 2.45) is 11.7 Å². The quantitative estimate of drug-likeness (QED) is 0.711. The summed E-state index contributed by atoms with van der Waals surface area (Å²) in [6.07, 6.45) is 4.30. The molecule has 0 saturated carbocycles. The molecule has 24 heavy (non-hydrogen) atoms. The molecule has 2 heterocycles. The van der Waals surface area contributed by atoms with Crippen LogP contribution in [0, 0.1) is 5.92 Å². The van der Waals surface area contributed by atoms with Crippen LogP contribution in [0.25, 0.3) is 0 Å². The van der Waals surface area contributed by atoms with E-state index in [2.05, 4.69) is 22.3 Å². The zero-order valence-electron chi connectivity index (χ0n) is 14.1. The summed E-state index contributed by atoms with van der Waals surface area (Å²) in [6, 6.07) is 8.06. The zero-order valence-corrected chi connectivity index (χ0v) is 14.1. The Morgan fingerprint density at radius 3 is 2.54 bits per heavy atom. The first-order valence-corrected chi connectivity index (χ1v) is 8.89. The van der Waals surface area contributed by atoms with E-state index in [-0.39, 0.29) is 17.7 Å². The predicted molar refractivity (Wildman–Crippen MR) is 94.0 cm³/mol. The fourth-order valence-electron chi connectivity index (χ4n) is 3.72. The summed E-state index contributed by atoms with van der Waals surface area (Å²) in [5, 5.41) is 2.96. The van der Waals surface area contributed by atoms with Crippen molar-refractivity contribution >= 4 is 23.2 Å². The summed E-state index contributed by atoms with van der Waals surface area (Å²) in [7, 11) is 0. The van der Waals surface area contributed by atoms with Crippen molar-refractivity contribution in [2.45, 2.75) is 25.7 Å². The summed E-state index contributed by atoms with van der Waals surface area (Å²) in [5.74, 6) is -0.351. The van der Waals surface area contributed by atoms with Gasteiger partial charge >= 0.3 is 0 Å². The molecule has 2 aliphatic heterocycles. The summed E-state index contributed by atoms with van der Waals surface area (Å²) < 4.78 is 0. The molecule has 2 aliphatic rings. The Morgan fingerprint density at radius 1 is 1.17 bits per heavy atom. The third kappa shape index (κ3) is 4.26. The number of nitrogens with two attached hydrogens (primary N) is 1. The predicted octanol–water partition coefficient (Wildman–Crippen LogP) is 0.00550. The number of hydrogen-bond acceptors (Lipinski definition) is 3. The van der Waals surface area contributed by atoms with Crippen LogP contribution < -0.4 is 20.9 Å². The smallest absolute Gasteiger partial charge is 0.279 e.